The highest BCUT2D eigenvalue weighted by molar-refractivity contribution is 7.88. The van der Waals surface area contributed by atoms with E-state index in [0.29, 0.717) is 4.75 Å². The van der Waals surface area contributed by atoms with Crippen LogP contribution in [0.4, 0.5) is 0 Å². The highest BCUT2D eigenvalue weighted by Gasteiger charge is 2.32. The zero-order chi connectivity index (χ0) is 14.9. The standard InChI is InChI=1S/C17H16NOPS/c1-13-5-3-7-15(11-13)20(19,17-18-9-10-21-17)16-8-4-6-14(2)12-16/h3-12H,1-2H3. The summed E-state index contributed by atoms with van der Waals surface area (Å²) in [5.41, 5.74) is 2.22. The number of aromatic nitrogens is 1. The Morgan fingerprint density at radius 1 is 0.952 bits per heavy atom. The van der Waals surface area contributed by atoms with Crippen LogP contribution in [0.15, 0.2) is 60.1 Å². The van der Waals surface area contributed by atoms with Crippen LogP contribution in [-0.2, 0) is 4.57 Å². The van der Waals surface area contributed by atoms with Gasteiger partial charge in [-0.05, 0) is 26.0 Å². The minimum absolute atomic E-state index is 0.693. The third-order valence-electron chi connectivity index (χ3n) is 3.42. The Morgan fingerprint density at radius 3 is 1.95 bits per heavy atom. The van der Waals surface area contributed by atoms with E-state index >= 15 is 0 Å². The van der Waals surface area contributed by atoms with Crippen LogP contribution in [0.5, 0.6) is 0 Å². The van der Waals surface area contributed by atoms with Crippen molar-refractivity contribution in [1.82, 2.24) is 4.98 Å². The van der Waals surface area contributed by atoms with E-state index in [4.69, 9.17) is 0 Å². The summed E-state index contributed by atoms with van der Waals surface area (Å²) in [7, 11) is -2.88. The van der Waals surface area contributed by atoms with Crippen LogP contribution in [0.1, 0.15) is 11.1 Å². The molecule has 21 heavy (non-hydrogen) atoms. The molecule has 2 nitrogen and oxygen atoms in total. The molecule has 0 aliphatic carbocycles. The highest BCUT2D eigenvalue weighted by Crippen LogP contribution is 2.43. The number of aryl methyl sites for hydroxylation is 2. The lowest BCUT2D eigenvalue weighted by molar-refractivity contribution is 0.592. The first kappa shape index (κ1) is 14.2. The van der Waals surface area contributed by atoms with Crippen LogP contribution in [0.3, 0.4) is 0 Å². The van der Waals surface area contributed by atoms with Gasteiger partial charge in [0, 0.05) is 22.2 Å². The maximum Gasteiger partial charge on any atom is 0.198 e. The summed E-state index contributed by atoms with van der Waals surface area (Å²) >= 11 is 1.46. The van der Waals surface area contributed by atoms with E-state index < -0.39 is 7.14 Å². The molecule has 0 aliphatic rings. The fourth-order valence-electron chi connectivity index (χ4n) is 2.39. The Hall–Kier alpha value is -1.70. The topological polar surface area (TPSA) is 30.0 Å². The molecule has 1 aromatic heterocycles. The summed E-state index contributed by atoms with van der Waals surface area (Å²) in [6, 6.07) is 15.9. The molecule has 0 spiro atoms. The summed E-state index contributed by atoms with van der Waals surface area (Å²) in [4.78, 5) is 4.36. The SMILES string of the molecule is Cc1cccc(P(=O)(c2cccc(C)c2)c2nccs2)c1. The summed E-state index contributed by atoms with van der Waals surface area (Å²) in [6.45, 7) is 4.04. The van der Waals surface area contributed by atoms with Crippen molar-refractivity contribution in [2.24, 2.45) is 0 Å². The fraction of sp³-hybridized carbons (Fsp3) is 0.118. The van der Waals surface area contributed by atoms with Gasteiger partial charge in [0.2, 0.25) is 0 Å². The molecule has 1 heterocycles. The minimum Gasteiger partial charge on any atom is -0.306 e. The van der Waals surface area contributed by atoms with Gasteiger partial charge in [0.05, 0.1) is 0 Å². The van der Waals surface area contributed by atoms with Crippen LogP contribution < -0.4 is 15.4 Å². The molecule has 0 N–H and O–H groups in total. The Labute approximate surface area is 128 Å². The first-order valence-electron chi connectivity index (χ1n) is 6.75. The number of rotatable bonds is 3. The molecule has 3 rings (SSSR count). The maximum atomic E-state index is 13.9. The van der Waals surface area contributed by atoms with Gasteiger partial charge < -0.3 is 4.57 Å². The van der Waals surface area contributed by atoms with Crippen LogP contribution in [0.2, 0.25) is 0 Å². The van der Waals surface area contributed by atoms with Crippen molar-refractivity contribution in [3.05, 3.63) is 71.2 Å². The van der Waals surface area contributed by atoms with Crippen LogP contribution in [-0.4, -0.2) is 4.98 Å². The Kier molecular flexibility index (Phi) is 3.79. The van der Waals surface area contributed by atoms with Gasteiger partial charge >= 0.3 is 0 Å². The normalized spacial score (nSPS) is 11.5. The second-order valence-electron chi connectivity index (χ2n) is 5.10. The highest BCUT2D eigenvalue weighted by atomic mass is 32.1. The van der Waals surface area contributed by atoms with Gasteiger partial charge in [-0.3, -0.25) is 0 Å². The zero-order valence-electron chi connectivity index (χ0n) is 12.0. The quantitative estimate of drug-likeness (QED) is 0.694. The van der Waals surface area contributed by atoms with Gasteiger partial charge in [-0.25, -0.2) is 4.98 Å². The van der Waals surface area contributed by atoms with Gasteiger partial charge in [0.15, 0.2) is 11.9 Å². The van der Waals surface area contributed by atoms with Crippen LogP contribution in [0.25, 0.3) is 0 Å². The van der Waals surface area contributed by atoms with Crippen molar-refractivity contribution in [2.75, 3.05) is 0 Å². The molecule has 106 valence electrons. The monoisotopic (exact) mass is 313 g/mol. The van der Waals surface area contributed by atoms with Crippen molar-refractivity contribution < 1.29 is 4.57 Å². The zero-order valence-corrected chi connectivity index (χ0v) is 13.7. The third-order valence-corrected chi connectivity index (χ3v) is 7.75. The van der Waals surface area contributed by atoms with Gasteiger partial charge in [-0.15, -0.1) is 11.3 Å². The first-order chi connectivity index (χ1) is 10.1. The molecule has 0 fully saturated rings. The Bertz CT molecular complexity index is 762. The van der Waals surface area contributed by atoms with Crippen LogP contribution >= 0.6 is 18.5 Å². The van der Waals surface area contributed by atoms with Crippen molar-refractivity contribution in [1.29, 1.82) is 0 Å². The number of nitrogens with zero attached hydrogens (tertiary/aromatic N) is 1. The first-order valence-corrected chi connectivity index (χ1v) is 9.34. The molecule has 2 aromatic carbocycles. The average Bonchev–Trinajstić information content (AvgIpc) is 3.01. The van der Waals surface area contributed by atoms with E-state index in [2.05, 4.69) is 4.98 Å². The third kappa shape index (κ3) is 2.59. The van der Waals surface area contributed by atoms with E-state index in [1.54, 1.807) is 6.20 Å². The molecule has 4 heteroatoms. The lowest BCUT2D eigenvalue weighted by Crippen LogP contribution is -2.25. The second kappa shape index (κ2) is 5.59. The van der Waals surface area contributed by atoms with E-state index in [1.807, 2.05) is 67.8 Å². The number of thiazole rings is 1. The molecular formula is C17H16NOPS. The summed E-state index contributed by atoms with van der Waals surface area (Å²) in [5.74, 6) is 0. The smallest absolute Gasteiger partial charge is 0.198 e. The number of benzene rings is 2. The lowest BCUT2D eigenvalue weighted by Gasteiger charge is -2.17. The summed E-state index contributed by atoms with van der Waals surface area (Å²) < 4.78 is 14.6. The summed E-state index contributed by atoms with van der Waals surface area (Å²) in [5, 5.41) is 3.58. The molecule has 3 aromatic rings. The number of hydrogen-bond donors (Lipinski definition) is 0. The fourth-order valence-corrected chi connectivity index (χ4v) is 6.50. The second-order valence-corrected chi connectivity index (χ2v) is 8.97. The molecule has 0 bridgehead atoms. The van der Waals surface area contributed by atoms with Crippen molar-refractivity contribution in [2.45, 2.75) is 13.8 Å². The molecular weight excluding hydrogens is 297 g/mol. The molecule has 0 radical (unpaired) electrons. The number of hydrogen-bond acceptors (Lipinski definition) is 3. The van der Waals surface area contributed by atoms with E-state index in [9.17, 15) is 4.57 Å². The van der Waals surface area contributed by atoms with Gasteiger partial charge in [-0.2, -0.15) is 0 Å². The molecule has 0 saturated heterocycles. The minimum atomic E-state index is -2.88. The molecule has 0 atom stereocenters. The largest absolute Gasteiger partial charge is 0.306 e. The molecule has 0 amide bonds. The van der Waals surface area contributed by atoms with Crippen molar-refractivity contribution >= 4 is 33.8 Å². The van der Waals surface area contributed by atoms with E-state index in [0.717, 1.165) is 21.7 Å². The van der Waals surface area contributed by atoms with Gasteiger partial charge in [-0.1, -0.05) is 47.5 Å². The van der Waals surface area contributed by atoms with E-state index in [-0.39, 0.29) is 0 Å². The average molecular weight is 313 g/mol. The van der Waals surface area contributed by atoms with Crippen molar-refractivity contribution in [3.8, 4) is 0 Å². The van der Waals surface area contributed by atoms with E-state index in [1.165, 1.54) is 11.3 Å². The lowest BCUT2D eigenvalue weighted by atomic mass is 10.2. The summed E-state index contributed by atoms with van der Waals surface area (Å²) in [6.07, 6.45) is 1.72. The molecule has 0 unspecified atom stereocenters. The van der Waals surface area contributed by atoms with Crippen LogP contribution in [0, 0.1) is 13.8 Å². The van der Waals surface area contributed by atoms with Gasteiger partial charge in [0.25, 0.3) is 0 Å². The van der Waals surface area contributed by atoms with Gasteiger partial charge in [0.1, 0.15) is 0 Å². The Morgan fingerprint density at radius 2 is 1.52 bits per heavy atom. The molecule has 0 aliphatic heterocycles. The Balaban J connectivity index is 2.29. The molecule has 0 saturated carbocycles. The maximum absolute atomic E-state index is 13.9. The predicted molar refractivity (Wildman–Crippen MR) is 91.0 cm³/mol. The van der Waals surface area contributed by atoms with Crippen molar-refractivity contribution in [3.63, 3.8) is 0 Å². The predicted octanol–water partition coefficient (Wildman–Crippen LogP) is 3.40.